The molecule has 186 valence electrons. The lowest BCUT2D eigenvalue weighted by molar-refractivity contribution is 0.585. The third-order valence-corrected chi connectivity index (χ3v) is 6.69. The van der Waals surface area contributed by atoms with Crippen molar-refractivity contribution < 1.29 is 0 Å². The Morgan fingerprint density at radius 2 is 0.889 bits per heavy atom. The van der Waals surface area contributed by atoms with Crippen molar-refractivity contribution in [3.8, 4) is 0 Å². The van der Waals surface area contributed by atoms with Gasteiger partial charge in [0.25, 0.3) is 0 Å². The van der Waals surface area contributed by atoms with Crippen molar-refractivity contribution >= 4 is 17.1 Å². The Morgan fingerprint density at radius 1 is 0.389 bits per heavy atom. The minimum absolute atomic E-state index is 1.000. The van der Waals surface area contributed by atoms with E-state index in [-0.39, 0.29) is 0 Å². The van der Waals surface area contributed by atoms with Crippen LogP contribution >= 0.6 is 0 Å². The monoisotopic (exact) mass is 476 g/mol. The Morgan fingerprint density at radius 3 is 1.58 bits per heavy atom. The molecule has 4 rings (SSSR count). The zero-order valence-corrected chi connectivity index (χ0v) is 21.5. The average Bonchev–Trinajstić information content (AvgIpc) is 2.93. The summed E-state index contributed by atoms with van der Waals surface area (Å²) in [6.45, 7) is 1.06. The molecule has 0 aliphatic carbocycles. The fourth-order valence-electron chi connectivity index (χ4n) is 4.59. The Bertz CT molecular complexity index is 1010. The fraction of sp³-hybridized carbons (Fsp3) is 0.294. The molecule has 0 saturated carbocycles. The number of benzene rings is 4. The molecule has 0 fully saturated rings. The van der Waals surface area contributed by atoms with Crippen molar-refractivity contribution in [3.05, 3.63) is 126 Å². The fourth-order valence-corrected chi connectivity index (χ4v) is 4.59. The van der Waals surface area contributed by atoms with Crippen molar-refractivity contribution in [3.63, 3.8) is 0 Å². The van der Waals surface area contributed by atoms with Crippen LogP contribution in [0.25, 0.3) is 0 Å². The Balaban J connectivity index is 0.995. The van der Waals surface area contributed by atoms with Crippen LogP contribution in [0.1, 0.15) is 61.6 Å². The molecule has 0 atom stereocenters. The van der Waals surface area contributed by atoms with Crippen molar-refractivity contribution in [1.29, 1.82) is 0 Å². The van der Waals surface area contributed by atoms with Gasteiger partial charge in [-0.15, -0.1) is 0 Å². The topological polar surface area (TPSA) is 24.1 Å². The van der Waals surface area contributed by atoms with Gasteiger partial charge in [-0.2, -0.15) is 0 Å². The van der Waals surface area contributed by atoms with Gasteiger partial charge in [-0.3, -0.25) is 0 Å². The first-order chi connectivity index (χ1) is 17.8. The van der Waals surface area contributed by atoms with Gasteiger partial charge in [0.05, 0.1) is 0 Å². The van der Waals surface area contributed by atoms with Crippen LogP contribution in [0.15, 0.2) is 109 Å². The van der Waals surface area contributed by atoms with E-state index < -0.39 is 0 Å². The first-order valence-corrected chi connectivity index (χ1v) is 13.6. The third kappa shape index (κ3) is 9.26. The lowest BCUT2D eigenvalue weighted by atomic mass is 10.0. The Hall–Kier alpha value is -3.52. The largest absolute Gasteiger partial charge is 0.385 e. The van der Waals surface area contributed by atoms with Gasteiger partial charge in [-0.25, -0.2) is 0 Å². The van der Waals surface area contributed by atoms with Crippen LogP contribution in [0, 0.1) is 0 Å². The van der Waals surface area contributed by atoms with Gasteiger partial charge in [0.2, 0.25) is 0 Å². The van der Waals surface area contributed by atoms with Crippen LogP contribution in [0.5, 0.6) is 0 Å². The average molecular weight is 477 g/mol. The minimum atomic E-state index is 1.000. The molecule has 0 spiro atoms. The van der Waals surface area contributed by atoms with E-state index in [0.717, 1.165) is 24.3 Å². The van der Waals surface area contributed by atoms with Gasteiger partial charge in [-0.1, -0.05) is 105 Å². The molecule has 0 aliphatic rings. The summed E-state index contributed by atoms with van der Waals surface area (Å²) in [6, 6.07) is 38.8. The number of hydrogen-bond donors (Lipinski definition) is 2. The zero-order valence-electron chi connectivity index (χ0n) is 21.5. The summed E-state index contributed by atoms with van der Waals surface area (Å²) in [4.78, 5) is 0. The minimum Gasteiger partial charge on any atom is -0.385 e. The lowest BCUT2D eigenvalue weighted by Crippen LogP contribution is -2.01. The highest BCUT2D eigenvalue weighted by Gasteiger charge is 1.99. The van der Waals surface area contributed by atoms with E-state index in [0.29, 0.717) is 0 Å². The van der Waals surface area contributed by atoms with Crippen LogP contribution in [0.3, 0.4) is 0 Å². The van der Waals surface area contributed by atoms with E-state index in [2.05, 4.69) is 114 Å². The van der Waals surface area contributed by atoms with Crippen LogP contribution in [0.4, 0.5) is 17.1 Å². The quantitative estimate of drug-likeness (QED) is 0.167. The molecule has 0 radical (unpaired) electrons. The van der Waals surface area contributed by atoms with E-state index in [1.807, 2.05) is 6.07 Å². The normalized spacial score (nSPS) is 10.8. The van der Waals surface area contributed by atoms with E-state index in [4.69, 9.17) is 0 Å². The van der Waals surface area contributed by atoms with E-state index in [9.17, 15) is 0 Å². The van der Waals surface area contributed by atoms with Crippen molar-refractivity contribution in [1.82, 2.24) is 0 Å². The highest BCUT2D eigenvalue weighted by molar-refractivity contribution is 5.59. The molecule has 4 aromatic rings. The SMILES string of the molecule is c1ccc(Cc2ccc(NCCCCCCCCCc3ccc(Nc4ccccc4)cc3)cc2)cc1. The molecule has 0 heterocycles. The number of aryl methyl sites for hydroxylation is 1. The standard InChI is InChI=1S/C34H40N2/c1(2-4-8-14-29-19-25-34(26-20-29)36-33-17-11-7-12-18-33)3-5-13-27-35-32-23-21-31(22-24-32)28-30-15-9-6-10-16-30/h6-7,9-12,15-26,35-36H,1-5,8,13-14,27-28H2. The van der Waals surface area contributed by atoms with Gasteiger partial charge in [0.15, 0.2) is 0 Å². The smallest absolute Gasteiger partial charge is 0.0384 e. The number of rotatable bonds is 15. The summed E-state index contributed by atoms with van der Waals surface area (Å²) in [6.07, 6.45) is 11.4. The molecule has 0 aliphatic heterocycles. The molecule has 4 aromatic carbocycles. The molecule has 2 heteroatoms. The summed E-state index contributed by atoms with van der Waals surface area (Å²) < 4.78 is 0. The summed E-state index contributed by atoms with van der Waals surface area (Å²) in [5.74, 6) is 0. The molecule has 2 nitrogen and oxygen atoms in total. The summed E-state index contributed by atoms with van der Waals surface area (Å²) in [5, 5.41) is 7.03. The van der Waals surface area contributed by atoms with Gasteiger partial charge < -0.3 is 10.6 Å². The second-order valence-corrected chi connectivity index (χ2v) is 9.70. The molecular weight excluding hydrogens is 436 g/mol. The van der Waals surface area contributed by atoms with Crippen LogP contribution < -0.4 is 10.6 Å². The predicted molar refractivity (Wildman–Crippen MR) is 156 cm³/mol. The zero-order chi connectivity index (χ0) is 24.7. The summed E-state index contributed by atoms with van der Waals surface area (Å²) >= 11 is 0. The lowest BCUT2D eigenvalue weighted by Gasteiger charge is -2.08. The molecule has 0 aromatic heterocycles. The van der Waals surface area contributed by atoms with Gasteiger partial charge in [0.1, 0.15) is 0 Å². The first-order valence-electron chi connectivity index (χ1n) is 13.6. The predicted octanol–water partition coefficient (Wildman–Crippen LogP) is 9.41. The third-order valence-electron chi connectivity index (χ3n) is 6.69. The number of unbranched alkanes of at least 4 members (excludes halogenated alkanes) is 6. The Labute approximate surface area is 217 Å². The van der Waals surface area contributed by atoms with Crippen molar-refractivity contribution in [2.75, 3.05) is 17.2 Å². The first kappa shape index (κ1) is 25.6. The number of nitrogens with one attached hydrogen (secondary N) is 2. The Kier molecular flexibility index (Phi) is 10.5. The summed E-state index contributed by atoms with van der Waals surface area (Å²) in [5.41, 5.74) is 7.69. The maximum Gasteiger partial charge on any atom is 0.0384 e. The second-order valence-electron chi connectivity index (χ2n) is 9.70. The number of hydrogen-bond acceptors (Lipinski definition) is 2. The molecule has 0 bridgehead atoms. The van der Waals surface area contributed by atoms with E-state index in [1.54, 1.807) is 0 Å². The van der Waals surface area contributed by atoms with Crippen LogP contribution in [-0.2, 0) is 12.8 Å². The molecular formula is C34H40N2. The molecule has 2 N–H and O–H groups in total. The molecule has 0 unspecified atom stereocenters. The van der Waals surface area contributed by atoms with E-state index >= 15 is 0 Å². The molecule has 0 saturated heterocycles. The molecule has 36 heavy (non-hydrogen) atoms. The van der Waals surface area contributed by atoms with Crippen molar-refractivity contribution in [2.45, 2.75) is 57.8 Å². The highest BCUT2D eigenvalue weighted by Crippen LogP contribution is 2.18. The van der Waals surface area contributed by atoms with Crippen LogP contribution in [0.2, 0.25) is 0 Å². The van der Waals surface area contributed by atoms with Crippen molar-refractivity contribution in [2.24, 2.45) is 0 Å². The number of anilines is 3. The second kappa shape index (κ2) is 14.8. The van der Waals surface area contributed by atoms with Gasteiger partial charge in [0, 0.05) is 23.6 Å². The van der Waals surface area contributed by atoms with Crippen LogP contribution in [-0.4, -0.2) is 6.54 Å². The van der Waals surface area contributed by atoms with Gasteiger partial charge >= 0.3 is 0 Å². The number of para-hydroxylation sites is 1. The van der Waals surface area contributed by atoms with Gasteiger partial charge in [-0.05, 0) is 78.8 Å². The highest BCUT2D eigenvalue weighted by atomic mass is 14.9. The molecule has 0 amide bonds. The van der Waals surface area contributed by atoms with E-state index in [1.165, 1.54) is 73.7 Å². The maximum absolute atomic E-state index is 3.58. The maximum atomic E-state index is 3.58. The summed E-state index contributed by atoms with van der Waals surface area (Å²) in [7, 11) is 0.